The van der Waals surface area contributed by atoms with Crippen molar-refractivity contribution in [2.75, 3.05) is 37.7 Å². The van der Waals surface area contributed by atoms with E-state index < -0.39 is 0 Å². The van der Waals surface area contributed by atoms with Gasteiger partial charge in [0.25, 0.3) is 0 Å². The maximum atomic E-state index is 5.67. The van der Waals surface area contributed by atoms with Crippen molar-refractivity contribution < 1.29 is 4.74 Å². The minimum Gasteiger partial charge on any atom is -0.492 e. The molecular formula is C13H21ClN2O. The maximum Gasteiger partial charge on any atom is 0.142 e. The summed E-state index contributed by atoms with van der Waals surface area (Å²) in [5.74, 6) is 1.01. The van der Waals surface area contributed by atoms with Crippen molar-refractivity contribution in [2.24, 2.45) is 0 Å². The smallest absolute Gasteiger partial charge is 0.142 e. The molecule has 0 atom stereocenters. The van der Waals surface area contributed by atoms with E-state index in [0.29, 0.717) is 0 Å². The van der Waals surface area contributed by atoms with Gasteiger partial charge in [0, 0.05) is 19.6 Å². The highest BCUT2D eigenvalue weighted by atomic mass is 35.5. The number of halogens is 1. The van der Waals surface area contributed by atoms with Crippen LogP contribution < -0.4 is 15.0 Å². The fraction of sp³-hybridized carbons (Fsp3) is 0.538. The van der Waals surface area contributed by atoms with Crippen molar-refractivity contribution in [3.8, 4) is 5.75 Å². The monoisotopic (exact) mass is 256 g/mol. The standard InChI is InChI=1S/C13H20N2O.ClH/c1-2-16-13-7-4-3-6-12(13)15-10-5-8-14-9-11-15;/h3-4,6-7,14H,2,5,8-11H2,1H3;1H. The van der Waals surface area contributed by atoms with Crippen LogP contribution in [0.1, 0.15) is 13.3 Å². The average molecular weight is 257 g/mol. The molecule has 1 aromatic rings. The van der Waals surface area contributed by atoms with E-state index in [9.17, 15) is 0 Å². The third kappa shape index (κ3) is 3.79. The molecule has 4 heteroatoms. The molecule has 0 aliphatic carbocycles. The van der Waals surface area contributed by atoms with Crippen molar-refractivity contribution in [2.45, 2.75) is 13.3 Å². The highest BCUT2D eigenvalue weighted by Crippen LogP contribution is 2.28. The number of para-hydroxylation sites is 2. The highest BCUT2D eigenvalue weighted by molar-refractivity contribution is 5.85. The summed E-state index contributed by atoms with van der Waals surface area (Å²) in [6.07, 6.45) is 1.19. The predicted molar refractivity (Wildman–Crippen MR) is 74.6 cm³/mol. The second-order valence-electron chi connectivity index (χ2n) is 3.99. The van der Waals surface area contributed by atoms with Gasteiger partial charge in [-0.3, -0.25) is 0 Å². The van der Waals surface area contributed by atoms with Crippen LogP contribution in [-0.2, 0) is 0 Å². The van der Waals surface area contributed by atoms with Crippen LogP contribution in [0.25, 0.3) is 0 Å². The Bertz CT molecular complexity index is 325. The first-order valence-electron chi connectivity index (χ1n) is 6.09. The Morgan fingerprint density at radius 3 is 2.88 bits per heavy atom. The molecule has 2 rings (SSSR count). The van der Waals surface area contributed by atoms with Crippen LogP contribution in [0.2, 0.25) is 0 Å². The second kappa shape index (κ2) is 7.41. The van der Waals surface area contributed by atoms with Crippen LogP contribution in [0, 0.1) is 0 Å². The van der Waals surface area contributed by atoms with Gasteiger partial charge >= 0.3 is 0 Å². The molecule has 17 heavy (non-hydrogen) atoms. The van der Waals surface area contributed by atoms with Crippen molar-refractivity contribution >= 4 is 18.1 Å². The fourth-order valence-corrected chi connectivity index (χ4v) is 2.08. The highest BCUT2D eigenvalue weighted by Gasteiger charge is 2.13. The Labute approximate surface area is 110 Å². The molecule has 1 aliphatic heterocycles. The molecule has 1 aromatic carbocycles. The number of benzene rings is 1. The van der Waals surface area contributed by atoms with Gasteiger partial charge in [-0.1, -0.05) is 12.1 Å². The summed E-state index contributed by atoms with van der Waals surface area (Å²) >= 11 is 0. The first-order valence-corrected chi connectivity index (χ1v) is 6.09. The van der Waals surface area contributed by atoms with Gasteiger partial charge in [-0.15, -0.1) is 12.4 Å². The predicted octanol–water partition coefficient (Wildman–Crippen LogP) is 2.31. The molecule has 96 valence electrons. The lowest BCUT2D eigenvalue weighted by atomic mass is 10.2. The quantitative estimate of drug-likeness (QED) is 0.898. The molecule has 0 unspecified atom stereocenters. The molecule has 1 heterocycles. The van der Waals surface area contributed by atoms with Crippen LogP contribution in [0.3, 0.4) is 0 Å². The third-order valence-electron chi connectivity index (χ3n) is 2.85. The van der Waals surface area contributed by atoms with Crippen molar-refractivity contribution in [1.82, 2.24) is 5.32 Å². The van der Waals surface area contributed by atoms with E-state index in [4.69, 9.17) is 4.74 Å². The van der Waals surface area contributed by atoms with Crippen LogP contribution in [0.15, 0.2) is 24.3 Å². The molecule has 0 amide bonds. The van der Waals surface area contributed by atoms with Gasteiger partial charge in [0.05, 0.1) is 12.3 Å². The number of anilines is 1. The Morgan fingerprint density at radius 2 is 2.06 bits per heavy atom. The summed E-state index contributed by atoms with van der Waals surface area (Å²) in [6, 6.07) is 8.31. The lowest BCUT2D eigenvalue weighted by Gasteiger charge is -2.24. The zero-order valence-corrected chi connectivity index (χ0v) is 11.1. The van der Waals surface area contributed by atoms with Crippen molar-refractivity contribution in [3.63, 3.8) is 0 Å². The number of rotatable bonds is 3. The Morgan fingerprint density at radius 1 is 1.24 bits per heavy atom. The Kier molecular flexibility index (Phi) is 6.16. The molecule has 1 saturated heterocycles. The third-order valence-corrected chi connectivity index (χ3v) is 2.85. The second-order valence-corrected chi connectivity index (χ2v) is 3.99. The molecule has 1 aliphatic rings. The molecule has 0 saturated carbocycles. The van der Waals surface area contributed by atoms with Crippen LogP contribution in [0.4, 0.5) is 5.69 Å². The summed E-state index contributed by atoms with van der Waals surface area (Å²) in [7, 11) is 0. The number of nitrogens with zero attached hydrogens (tertiary/aromatic N) is 1. The van der Waals surface area contributed by atoms with Gasteiger partial charge in [-0.05, 0) is 32.0 Å². The first kappa shape index (κ1) is 14.1. The summed E-state index contributed by atoms with van der Waals surface area (Å²) in [5.41, 5.74) is 1.23. The molecule has 1 N–H and O–H groups in total. The zero-order valence-electron chi connectivity index (χ0n) is 10.3. The zero-order chi connectivity index (χ0) is 11.2. The van der Waals surface area contributed by atoms with Gasteiger partial charge < -0.3 is 15.0 Å². The van der Waals surface area contributed by atoms with Crippen LogP contribution >= 0.6 is 12.4 Å². The number of hydrogen-bond donors (Lipinski definition) is 1. The van der Waals surface area contributed by atoms with E-state index in [1.54, 1.807) is 0 Å². The summed E-state index contributed by atoms with van der Waals surface area (Å²) < 4.78 is 5.67. The summed E-state index contributed by atoms with van der Waals surface area (Å²) in [6.45, 7) is 7.10. The van der Waals surface area contributed by atoms with Gasteiger partial charge in [0.1, 0.15) is 5.75 Å². The molecular weight excluding hydrogens is 236 g/mol. The number of ether oxygens (including phenoxy) is 1. The van der Waals surface area contributed by atoms with Crippen molar-refractivity contribution in [1.29, 1.82) is 0 Å². The van der Waals surface area contributed by atoms with Crippen LogP contribution in [0.5, 0.6) is 5.75 Å². The lowest BCUT2D eigenvalue weighted by molar-refractivity contribution is 0.340. The minimum atomic E-state index is 0. The van der Waals surface area contributed by atoms with E-state index in [1.807, 2.05) is 13.0 Å². The first-order chi connectivity index (χ1) is 7.92. The largest absolute Gasteiger partial charge is 0.492 e. The van der Waals surface area contributed by atoms with E-state index in [0.717, 1.165) is 38.5 Å². The fourth-order valence-electron chi connectivity index (χ4n) is 2.08. The molecule has 0 aromatic heterocycles. The number of nitrogens with one attached hydrogen (secondary N) is 1. The van der Waals surface area contributed by atoms with Gasteiger partial charge in [-0.25, -0.2) is 0 Å². The summed E-state index contributed by atoms with van der Waals surface area (Å²) in [5, 5.41) is 3.42. The molecule has 0 spiro atoms. The topological polar surface area (TPSA) is 24.5 Å². The summed E-state index contributed by atoms with van der Waals surface area (Å²) in [4.78, 5) is 2.41. The van der Waals surface area contributed by atoms with Crippen molar-refractivity contribution in [3.05, 3.63) is 24.3 Å². The molecule has 0 bridgehead atoms. The minimum absolute atomic E-state index is 0. The normalized spacial score (nSPS) is 15.9. The van der Waals surface area contributed by atoms with E-state index in [2.05, 4.69) is 28.4 Å². The maximum absolute atomic E-state index is 5.67. The van der Waals surface area contributed by atoms with E-state index >= 15 is 0 Å². The lowest BCUT2D eigenvalue weighted by Crippen LogP contribution is -2.28. The number of hydrogen-bond acceptors (Lipinski definition) is 3. The van der Waals surface area contributed by atoms with Crippen LogP contribution in [-0.4, -0.2) is 32.8 Å². The van der Waals surface area contributed by atoms with E-state index in [-0.39, 0.29) is 12.4 Å². The van der Waals surface area contributed by atoms with E-state index in [1.165, 1.54) is 12.1 Å². The SMILES string of the molecule is CCOc1ccccc1N1CCCNCC1.Cl. The Balaban J connectivity index is 0.00000144. The Hall–Kier alpha value is -0.930. The molecule has 0 radical (unpaired) electrons. The molecule has 1 fully saturated rings. The molecule has 3 nitrogen and oxygen atoms in total. The van der Waals surface area contributed by atoms with Gasteiger partial charge in [-0.2, -0.15) is 0 Å². The van der Waals surface area contributed by atoms with Gasteiger partial charge in [0.15, 0.2) is 0 Å². The van der Waals surface area contributed by atoms with Gasteiger partial charge in [0.2, 0.25) is 0 Å². The average Bonchev–Trinajstić information content (AvgIpc) is 2.59.